The maximum Gasteiger partial charge on any atom is 0.273 e. The second-order valence-corrected chi connectivity index (χ2v) is 11.1. The number of benzene rings is 2. The van der Waals surface area contributed by atoms with Crippen molar-refractivity contribution in [2.75, 3.05) is 6.54 Å². The smallest absolute Gasteiger partial charge is 0.273 e. The van der Waals surface area contributed by atoms with Crippen LogP contribution >= 0.6 is 22.9 Å². The van der Waals surface area contributed by atoms with E-state index in [9.17, 15) is 22.8 Å². The van der Waals surface area contributed by atoms with Gasteiger partial charge in [0, 0.05) is 39.9 Å². The van der Waals surface area contributed by atoms with Crippen molar-refractivity contribution < 1.29 is 18.0 Å². The Morgan fingerprint density at radius 2 is 1.89 bits per heavy atom. The number of nitrogens with one attached hydrogen (secondary N) is 2. The van der Waals surface area contributed by atoms with Crippen LogP contribution in [0.1, 0.15) is 17.3 Å². The molecule has 35 heavy (non-hydrogen) atoms. The van der Waals surface area contributed by atoms with Crippen molar-refractivity contribution in [1.82, 2.24) is 19.6 Å². The number of amides is 2. The molecule has 2 amide bonds. The number of carbonyl (C=O) groups excluding carboxylic acids is 2. The maximum absolute atomic E-state index is 12.7. The standard InChI is InChI=1S/C23H19ClN4O5S2/c1-14(22(30)27-35(32,33)21-10-16-2-5-17(24)11-19(16)34-21)12-26-23(31)15-3-6-18(7-4-15)28-9-8-25-13-20(28)29/h2-11,13-14H,12H2,1H3,(H,26,31)(H,27,30). The summed E-state index contributed by atoms with van der Waals surface area (Å²) in [5, 5.41) is 3.80. The first-order chi connectivity index (χ1) is 16.6. The highest BCUT2D eigenvalue weighted by Gasteiger charge is 2.24. The first kappa shape index (κ1) is 24.6. The first-order valence-corrected chi connectivity index (χ1v) is 13.0. The van der Waals surface area contributed by atoms with Crippen LogP contribution in [0.5, 0.6) is 0 Å². The highest BCUT2D eigenvalue weighted by Crippen LogP contribution is 2.31. The van der Waals surface area contributed by atoms with Crippen LogP contribution in [0.2, 0.25) is 5.02 Å². The Morgan fingerprint density at radius 3 is 2.60 bits per heavy atom. The van der Waals surface area contributed by atoms with Crippen LogP contribution in [-0.2, 0) is 14.8 Å². The van der Waals surface area contributed by atoms with Crippen molar-refractivity contribution in [3.63, 3.8) is 0 Å². The summed E-state index contributed by atoms with van der Waals surface area (Å²) in [6, 6.07) is 12.8. The lowest BCUT2D eigenvalue weighted by Crippen LogP contribution is -2.39. The number of nitrogens with zero attached hydrogens (tertiary/aromatic N) is 2. The minimum atomic E-state index is -4.07. The Kier molecular flexibility index (Phi) is 7.01. The summed E-state index contributed by atoms with van der Waals surface area (Å²) in [7, 11) is -4.07. The quantitative estimate of drug-likeness (QED) is 0.378. The maximum atomic E-state index is 12.7. The van der Waals surface area contributed by atoms with Gasteiger partial charge in [0.1, 0.15) is 4.21 Å². The number of aromatic nitrogens is 2. The molecule has 2 aromatic heterocycles. The van der Waals surface area contributed by atoms with E-state index >= 15 is 0 Å². The zero-order valence-corrected chi connectivity index (χ0v) is 20.7. The summed E-state index contributed by atoms with van der Waals surface area (Å²) in [6.45, 7) is 1.43. The minimum Gasteiger partial charge on any atom is -0.351 e. The molecular weight excluding hydrogens is 512 g/mol. The molecule has 0 bridgehead atoms. The lowest BCUT2D eigenvalue weighted by Gasteiger charge is -2.13. The van der Waals surface area contributed by atoms with E-state index in [2.05, 4.69) is 15.0 Å². The zero-order chi connectivity index (χ0) is 25.2. The predicted octanol–water partition coefficient (Wildman–Crippen LogP) is 2.97. The Hall–Kier alpha value is -3.54. The second kappa shape index (κ2) is 9.98. The number of hydrogen-bond acceptors (Lipinski definition) is 7. The number of hydrogen-bond donors (Lipinski definition) is 2. The molecule has 0 saturated heterocycles. The van der Waals surface area contributed by atoms with Gasteiger partial charge in [0.2, 0.25) is 5.91 Å². The van der Waals surface area contributed by atoms with Gasteiger partial charge in [-0.1, -0.05) is 24.6 Å². The third-order valence-electron chi connectivity index (χ3n) is 5.11. The predicted molar refractivity (Wildman–Crippen MR) is 133 cm³/mol. The minimum absolute atomic E-state index is 0.00672. The van der Waals surface area contributed by atoms with E-state index in [1.54, 1.807) is 42.5 Å². The molecule has 0 aliphatic carbocycles. The van der Waals surface area contributed by atoms with Gasteiger partial charge < -0.3 is 5.32 Å². The number of sulfonamides is 1. The van der Waals surface area contributed by atoms with Crippen molar-refractivity contribution >= 4 is 54.9 Å². The molecule has 0 aliphatic heterocycles. The summed E-state index contributed by atoms with van der Waals surface area (Å²) in [4.78, 5) is 40.6. The van der Waals surface area contributed by atoms with Crippen LogP contribution in [0.4, 0.5) is 0 Å². The van der Waals surface area contributed by atoms with Gasteiger partial charge in [-0.25, -0.2) is 13.1 Å². The topological polar surface area (TPSA) is 127 Å². The summed E-state index contributed by atoms with van der Waals surface area (Å²) in [6.07, 6.45) is 4.17. The fourth-order valence-corrected chi connectivity index (χ4v) is 5.92. The van der Waals surface area contributed by atoms with E-state index in [1.807, 2.05) is 0 Å². The Balaban J connectivity index is 1.36. The summed E-state index contributed by atoms with van der Waals surface area (Å²) < 4.78 is 29.5. The molecule has 9 nitrogen and oxygen atoms in total. The molecule has 180 valence electrons. The van der Waals surface area contributed by atoms with Crippen molar-refractivity contribution in [2.45, 2.75) is 11.1 Å². The van der Waals surface area contributed by atoms with Crippen molar-refractivity contribution in [1.29, 1.82) is 0 Å². The molecule has 1 atom stereocenters. The largest absolute Gasteiger partial charge is 0.351 e. The normalized spacial score (nSPS) is 12.3. The number of fused-ring (bicyclic) bond motifs is 1. The zero-order valence-electron chi connectivity index (χ0n) is 18.3. The van der Waals surface area contributed by atoms with Gasteiger partial charge in [-0.05, 0) is 47.9 Å². The number of halogens is 1. The molecule has 4 aromatic rings. The molecule has 0 spiro atoms. The Labute approximate surface area is 209 Å². The number of carbonyl (C=O) groups is 2. The van der Waals surface area contributed by atoms with E-state index in [1.165, 1.54) is 36.1 Å². The van der Waals surface area contributed by atoms with E-state index in [0.717, 1.165) is 11.3 Å². The average Bonchev–Trinajstić information content (AvgIpc) is 3.27. The monoisotopic (exact) mass is 530 g/mol. The molecule has 1 unspecified atom stereocenters. The first-order valence-electron chi connectivity index (χ1n) is 10.3. The Morgan fingerprint density at radius 1 is 1.14 bits per heavy atom. The third kappa shape index (κ3) is 5.59. The van der Waals surface area contributed by atoms with Gasteiger partial charge in [-0.2, -0.15) is 0 Å². The lowest BCUT2D eigenvalue weighted by atomic mass is 10.1. The molecule has 4 rings (SSSR count). The van der Waals surface area contributed by atoms with Crippen LogP contribution < -0.4 is 15.6 Å². The third-order valence-corrected chi connectivity index (χ3v) is 8.26. The highest BCUT2D eigenvalue weighted by atomic mass is 35.5. The molecule has 2 N–H and O–H groups in total. The molecular formula is C23H19ClN4O5S2. The lowest BCUT2D eigenvalue weighted by molar-refractivity contribution is -0.122. The fraction of sp³-hybridized carbons (Fsp3) is 0.130. The number of rotatable bonds is 7. The summed E-state index contributed by atoms with van der Waals surface area (Å²) >= 11 is 6.96. The summed E-state index contributed by atoms with van der Waals surface area (Å²) in [5.74, 6) is -2.00. The number of thiophene rings is 1. The SMILES string of the molecule is CC(CNC(=O)c1ccc(-n2ccncc2=O)cc1)C(=O)NS(=O)(=O)c1cc2ccc(Cl)cc2s1. The van der Waals surface area contributed by atoms with Crippen molar-refractivity contribution in [3.8, 4) is 5.69 Å². The van der Waals surface area contributed by atoms with Crippen LogP contribution in [0, 0.1) is 5.92 Å². The molecule has 0 radical (unpaired) electrons. The second-order valence-electron chi connectivity index (χ2n) is 7.66. The molecule has 2 heterocycles. The van der Waals surface area contributed by atoms with Gasteiger partial charge in [-0.3, -0.25) is 23.9 Å². The van der Waals surface area contributed by atoms with Crippen LogP contribution in [-0.4, -0.2) is 36.3 Å². The van der Waals surface area contributed by atoms with E-state index in [4.69, 9.17) is 11.6 Å². The van der Waals surface area contributed by atoms with Gasteiger partial charge in [-0.15, -0.1) is 11.3 Å². The van der Waals surface area contributed by atoms with Crippen molar-refractivity contribution in [3.05, 3.63) is 88.1 Å². The van der Waals surface area contributed by atoms with E-state index in [0.29, 0.717) is 26.4 Å². The van der Waals surface area contributed by atoms with Gasteiger partial charge in [0.15, 0.2) is 0 Å². The van der Waals surface area contributed by atoms with Crippen LogP contribution in [0.15, 0.2) is 76.1 Å². The summed E-state index contributed by atoms with van der Waals surface area (Å²) in [5.41, 5.74) is 0.578. The molecule has 0 saturated carbocycles. The van der Waals surface area contributed by atoms with Crippen LogP contribution in [0.25, 0.3) is 15.8 Å². The highest BCUT2D eigenvalue weighted by molar-refractivity contribution is 7.92. The van der Waals surface area contributed by atoms with E-state index < -0.39 is 27.8 Å². The molecule has 0 aliphatic rings. The van der Waals surface area contributed by atoms with Gasteiger partial charge in [0.25, 0.3) is 21.5 Å². The van der Waals surface area contributed by atoms with Crippen LogP contribution in [0.3, 0.4) is 0 Å². The Bertz CT molecular complexity index is 1580. The molecule has 12 heteroatoms. The van der Waals surface area contributed by atoms with Gasteiger partial charge >= 0.3 is 0 Å². The molecule has 0 fully saturated rings. The molecule has 2 aromatic carbocycles. The fourth-order valence-electron chi connectivity index (χ4n) is 3.17. The van der Waals surface area contributed by atoms with Crippen molar-refractivity contribution in [2.24, 2.45) is 5.92 Å². The van der Waals surface area contributed by atoms with E-state index in [-0.39, 0.29) is 16.3 Å². The van der Waals surface area contributed by atoms with Gasteiger partial charge in [0.05, 0.1) is 12.1 Å². The average molecular weight is 531 g/mol.